The van der Waals surface area contributed by atoms with Gasteiger partial charge in [0.25, 0.3) is 0 Å². The molecular weight excluding hydrogens is 248 g/mol. The largest absolute Gasteiger partial charge is 0.327 e. The van der Waals surface area contributed by atoms with Crippen LogP contribution in [-0.4, -0.2) is 33.8 Å². The topological polar surface area (TPSA) is 47.1 Å². The van der Waals surface area contributed by atoms with E-state index in [0.29, 0.717) is 12.0 Å². The van der Waals surface area contributed by atoms with E-state index in [1.807, 2.05) is 29.1 Å². The first-order chi connectivity index (χ1) is 9.70. The predicted molar refractivity (Wildman–Crippen MR) is 80.6 cm³/mol. The van der Waals surface area contributed by atoms with Crippen LogP contribution in [0.2, 0.25) is 0 Å². The Kier molecular flexibility index (Phi) is 3.85. The van der Waals surface area contributed by atoms with Crippen LogP contribution in [0.15, 0.2) is 42.6 Å². The molecule has 20 heavy (non-hydrogen) atoms. The summed E-state index contributed by atoms with van der Waals surface area (Å²) in [6.45, 7) is 5.25. The van der Waals surface area contributed by atoms with E-state index in [4.69, 9.17) is 5.73 Å². The number of benzene rings is 1. The van der Waals surface area contributed by atoms with Crippen LogP contribution in [0.4, 0.5) is 0 Å². The van der Waals surface area contributed by atoms with Crippen LogP contribution in [0, 0.1) is 5.92 Å². The SMILES string of the molecule is CC1CC(N)CN(Cc2ccn(-c3ccccc3)n2)C1. The first-order valence-electron chi connectivity index (χ1n) is 7.28. The smallest absolute Gasteiger partial charge is 0.0769 e. The molecule has 1 aliphatic heterocycles. The zero-order valence-electron chi connectivity index (χ0n) is 11.9. The molecule has 1 saturated heterocycles. The van der Waals surface area contributed by atoms with Crippen molar-refractivity contribution >= 4 is 0 Å². The second kappa shape index (κ2) is 5.77. The van der Waals surface area contributed by atoms with Gasteiger partial charge in [-0.3, -0.25) is 4.90 Å². The minimum atomic E-state index is 0.301. The van der Waals surface area contributed by atoms with Gasteiger partial charge in [0.1, 0.15) is 0 Å². The summed E-state index contributed by atoms with van der Waals surface area (Å²) >= 11 is 0. The monoisotopic (exact) mass is 270 g/mol. The van der Waals surface area contributed by atoms with E-state index in [-0.39, 0.29) is 0 Å². The molecule has 3 rings (SSSR count). The summed E-state index contributed by atoms with van der Waals surface area (Å²) in [4.78, 5) is 2.41. The Morgan fingerprint density at radius 3 is 2.75 bits per heavy atom. The summed E-state index contributed by atoms with van der Waals surface area (Å²) in [5, 5.41) is 4.66. The summed E-state index contributed by atoms with van der Waals surface area (Å²) < 4.78 is 1.93. The van der Waals surface area contributed by atoms with E-state index in [1.165, 1.54) is 0 Å². The Labute approximate surface area is 120 Å². The van der Waals surface area contributed by atoms with Gasteiger partial charge in [-0.1, -0.05) is 25.1 Å². The summed E-state index contributed by atoms with van der Waals surface area (Å²) in [5.74, 6) is 0.676. The number of aromatic nitrogens is 2. The van der Waals surface area contributed by atoms with E-state index in [2.05, 4.69) is 35.1 Å². The van der Waals surface area contributed by atoms with Crippen LogP contribution in [0.1, 0.15) is 19.0 Å². The molecule has 0 saturated carbocycles. The Morgan fingerprint density at radius 2 is 2.00 bits per heavy atom. The molecule has 0 bridgehead atoms. The van der Waals surface area contributed by atoms with Gasteiger partial charge >= 0.3 is 0 Å². The second-order valence-corrected chi connectivity index (χ2v) is 5.88. The molecule has 1 aliphatic rings. The lowest BCUT2D eigenvalue weighted by molar-refractivity contribution is 0.156. The van der Waals surface area contributed by atoms with Gasteiger partial charge in [-0.2, -0.15) is 5.10 Å². The number of nitrogens with zero attached hydrogens (tertiary/aromatic N) is 3. The maximum atomic E-state index is 6.10. The third-order valence-electron chi connectivity index (χ3n) is 3.82. The van der Waals surface area contributed by atoms with Crippen molar-refractivity contribution in [1.29, 1.82) is 0 Å². The number of nitrogens with two attached hydrogens (primary N) is 1. The molecule has 106 valence electrons. The van der Waals surface area contributed by atoms with Gasteiger partial charge in [0, 0.05) is 31.9 Å². The minimum Gasteiger partial charge on any atom is -0.327 e. The molecule has 4 nitrogen and oxygen atoms in total. The van der Waals surface area contributed by atoms with Crippen LogP contribution >= 0.6 is 0 Å². The number of rotatable bonds is 3. The van der Waals surface area contributed by atoms with Crippen molar-refractivity contribution in [2.45, 2.75) is 25.9 Å². The van der Waals surface area contributed by atoms with E-state index in [0.717, 1.165) is 37.4 Å². The number of likely N-dealkylation sites (tertiary alicyclic amines) is 1. The lowest BCUT2D eigenvalue weighted by Crippen LogP contribution is -2.45. The predicted octanol–water partition coefficient (Wildman–Crippen LogP) is 2.04. The van der Waals surface area contributed by atoms with Crippen molar-refractivity contribution < 1.29 is 0 Å². The highest BCUT2D eigenvalue weighted by Crippen LogP contribution is 2.17. The number of para-hydroxylation sites is 1. The van der Waals surface area contributed by atoms with Crippen molar-refractivity contribution in [3.05, 3.63) is 48.3 Å². The Bertz CT molecular complexity index is 539. The summed E-state index contributed by atoms with van der Waals surface area (Å²) in [6, 6.07) is 12.6. The molecular formula is C16H22N4. The summed E-state index contributed by atoms with van der Waals surface area (Å²) in [6.07, 6.45) is 3.16. The molecule has 2 unspecified atom stereocenters. The average molecular weight is 270 g/mol. The number of piperidine rings is 1. The fourth-order valence-electron chi connectivity index (χ4n) is 3.04. The van der Waals surface area contributed by atoms with Crippen molar-refractivity contribution in [2.75, 3.05) is 13.1 Å². The van der Waals surface area contributed by atoms with E-state index in [9.17, 15) is 0 Å². The van der Waals surface area contributed by atoms with Gasteiger partial charge in [0.15, 0.2) is 0 Å². The Balaban J connectivity index is 1.68. The van der Waals surface area contributed by atoms with Gasteiger partial charge in [0.2, 0.25) is 0 Å². The van der Waals surface area contributed by atoms with Crippen LogP contribution < -0.4 is 5.73 Å². The standard InChI is InChI=1S/C16H22N4/c1-13-9-14(17)11-19(10-13)12-15-7-8-20(18-15)16-5-3-2-4-6-16/h2-8,13-14H,9-12,17H2,1H3. The lowest BCUT2D eigenvalue weighted by Gasteiger charge is -2.34. The highest BCUT2D eigenvalue weighted by atomic mass is 15.3. The first-order valence-corrected chi connectivity index (χ1v) is 7.28. The van der Waals surface area contributed by atoms with Gasteiger partial charge in [0.05, 0.1) is 11.4 Å². The maximum Gasteiger partial charge on any atom is 0.0769 e. The third kappa shape index (κ3) is 3.08. The molecule has 2 heterocycles. The zero-order chi connectivity index (χ0) is 13.9. The van der Waals surface area contributed by atoms with E-state index >= 15 is 0 Å². The van der Waals surface area contributed by atoms with Crippen LogP contribution in [-0.2, 0) is 6.54 Å². The van der Waals surface area contributed by atoms with Crippen molar-refractivity contribution in [1.82, 2.24) is 14.7 Å². The van der Waals surface area contributed by atoms with Crippen LogP contribution in [0.3, 0.4) is 0 Å². The van der Waals surface area contributed by atoms with Crippen molar-refractivity contribution in [2.24, 2.45) is 11.7 Å². The highest BCUT2D eigenvalue weighted by Gasteiger charge is 2.22. The first kappa shape index (κ1) is 13.3. The van der Waals surface area contributed by atoms with Gasteiger partial charge in [-0.15, -0.1) is 0 Å². The Morgan fingerprint density at radius 1 is 1.20 bits per heavy atom. The Hall–Kier alpha value is -1.65. The molecule has 0 radical (unpaired) electrons. The van der Waals surface area contributed by atoms with E-state index in [1.54, 1.807) is 0 Å². The van der Waals surface area contributed by atoms with Gasteiger partial charge in [-0.05, 0) is 30.5 Å². The molecule has 2 atom stereocenters. The molecule has 2 N–H and O–H groups in total. The second-order valence-electron chi connectivity index (χ2n) is 5.88. The highest BCUT2D eigenvalue weighted by molar-refractivity contribution is 5.30. The molecule has 0 spiro atoms. The van der Waals surface area contributed by atoms with Gasteiger partial charge < -0.3 is 5.73 Å². The molecule has 1 aromatic heterocycles. The third-order valence-corrected chi connectivity index (χ3v) is 3.82. The fraction of sp³-hybridized carbons (Fsp3) is 0.438. The maximum absolute atomic E-state index is 6.10. The molecule has 1 aromatic carbocycles. The lowest BCUT2D eigenvalue weighted by atomic mass is 9.96. The van der Waals surface area contributed by atoms with E-state index < -0.39 is 0 Å². The molecule has 0 amide bonds. The zero-order valence-corrected chi connectivity index (χ0v) is 11.9. The molecule has 4 heteroatoms. The molecule has 0 aliphatic carbocycles. The van der Waals surface area contributed by atoms with Gasteiger partial charge in [-0.25, -0.2) is 4.68 Å². The summed E-state index contributed by atoms with van der Waals surface area (Å²) in [7, 11) is 0. The average Bonchev–Trinajstić information content (AvgIpc) is 2.87. The quantitative estimate of drug-likeness (QED) is 0.928. The fourth-order valence-corrected chi connectivity index (χ4v) is 3.04. The molecule has 1 fully saturated rings. The minimum absolute atomic E-state index is 0.301. The number of hydrogen-bond donors (Lipinski definition) is 1. The van der Waals surface area contributed by atoms with Crippen LogP contribution in [0.25, 0.3) is 5.69 Å². The normalized spacial score (nSPS) is 23.9. The summed E-state index contributed by atoms with van der Waals surface area (Å²) in [5.41, 5.74) is 8.30. The van der Waals surface area contributed by atoms with Crippen molar-refractivity contribution in [3.63, 3.8) is 0 Å². The number of hydrogen-bond acceptors (Lipinski definition) is 3. The van der Waals surface area contributed by atoms with Crippen LogP contribution in [0.5, 0.6) is 0 Å². The molecule has 2 aromatic rings. The van der Waals surface area contributed by atoms with Crippen molar-refractivity contribution in [3.8, 4) is 5.69 Å².